The Morgan fingerprint density at radius 2 is 1.90 bits per heavy atom. The summed E-state index contributed by atoms with van der Waals surface area (Å²) in [7, 11) is 0. The van der Waals surface area contributed by atoms with Crippen molar-refractivity contribution in [2.24, 2.45) is 0 Å². The summed E-state index contributed by atoms with van der Waals surface area (Å²) in [5, 5.41) is 0. The van der Waals surface area contributed by atoms with Gasteiger partial charge in [0.1, 0.15) is 0 Å². The SMILES string of the molecule is CCCc1ccc2c(c1)CC[C@H](c1ccccc1)C2=O. The molecule has 0 amide bonds. The first-order valence-electron chi connectivity index (χ1n) is 7.50. The second-order valence-corrected chi connectivity index (χ2v) is 5.61. The molecule has 0 unspecified atom stereocenters. The molecule has 102 valence electrons. The van der Waals surface area contributed by atoms with Crippen molar-refractivity contribution >= 4 is 5.78 Å². The number of hydrogen-bond donors (Lipinski definition) is 0. The molecular weight excluding hydrogens is 244 g/mol. The van der Waals surface area contributed by atoms with Gasteiger partial charge in [-0.05, 0) is 36.0 Å². The molecule has 0 fully saturated rings. The van der Waals surface area contributed by atoms with E-state index in [0.29, 0.717) is 5.78 Å². The quantitative estimate of drug-likeness (QED) is 0.794. The molecule has 0 aliphatic heterocycles. The summed E-state index contributed by atoms with van der Waals surface area (Å²) < 4.78 is 0. The lowest BCUT2D eigenvalue weighted by molar-refractivity contribution is 0.0946. The van der Waals surface area contributed by atoms with Gasteiger partial charge in [0, 0.05) is 11.5 Å². The number of rotatable bonds is 3. The van der Waals surface area contributed by atoms with E-state index in [1.165, 1.54) is 11.1 Å². The normalized spacial score (nSPS) is 17.9. The highest BCUT2D eigenvalue weighted by molar-refractivity contribution is 6.03. The van der Waals surface area contributed by atoms with Crippen LogP contribution in [0.4, 0.5) is 0 Å². The van der Waals surface area contributed by atoms with E-state index in [1.54, 1.807) is 0 Å². The topological polar surface area (TPSA) is 17.1 Å². The Hall–Kier alpha value is -1.89. The molecular formula is C19H20O. The van der Waals surface area contributed by atoms with Gasteiger partial charge in [-0.15, -0.1) is 0 Å². The van der Waals surface area contributed by atoms with E-state index in [4.69, 9.17) is 0 Å². The first kappa shape index (κ1) is 13.1. The predicted molar refractivity (Wildman–Crippen MR) is 82.3 cm³/mol. The molecule has 0 N–H and O–H groups in total. The Bertz CT molecular complexity index is 613. The van der Waals surface area contributed by atoms with Gasteiger partial charge < -0.3 is 0 Å². The van der Waals surface area contributed by atoms with Crippen LogP contribution in [-0.2, 0) is 12.8 Å². The Balaban J connectivity index is 1.91. The Labute approximate surface area is 120 Å². The third kappa shape index (κ3) is 2.40. The second-order valence-electron chi connectivity index (χ2n) is 5.61. The fourth-order valence-electron chi connectivity index (χ4n) is 3.16. The predicted octanol–water partition coefficient (Wildman–Crippen LogP) is 4.55. The molecule has 1 aliphatic rings. The number of carbonyl (C=O) groups is 1. The molecule has 1 atom stereocenters. The van der Waals surface area contributed by atoms with Crippen LogP contribution in [0, 0.1) is 0 Å². The summed E-state index contributed by atoms with van der Waals surface area (Å²) >= 11 is 0. The van der Waals surface area contributed by atoms with Crippen molar-refractivity contribution in [3.8, 4) is 0 Å². The Kier molecular flexibility index (Phi) is 3.68. The van der Waals surface area contributed by atoms with Crippen LogP contribution >= 0.6 is 0 Å². The van der Waals surface area contributed by atoms with Gasteiger partial charge in [-0.2, -0.15) is 0 Å². The molecule has 1 aliphatic carbocycles. The summed E-state index contributed by atoms with van der Waals surface area (Å²) in [4.78, 5) is 12.7. The molecule has 3 rings (SSSR count). The smallest absolute Gasteiger partial charge is 0.170 e. The standard InChI is InChI=1S/C19H20O/c1-2-6-14-9-11-18-16(13-14)10-12-17(19(18)20)15-7-4-3-5-8-15/h3-5,7-9,11,13,17H,2,6,10,12H2,1H3/t17-/m1/s1. The minimum absolute atomic E-state index is 0.0423. The first-order valence-corrected chi connectivity index (χ1v) is 7.50. The van der Waals surface area contributed by atoms with Gasteiger partial charge in [-0.1, -0.05) is 61.9 Å². The van der Waals surface area contributed by atoms with Crippen LogP contribution in [0.2, 0.25) is 0 Å². The highest BCUT2D eigenvalue weighted by atomic mass is 16.1. The maximum absolute atomic E-state index is 12.7. The van der Waals surface area contributed by atoms with E-state index in [-0.39, 0.29) is 5.92 Å². The summed E-state index contributed by atoms with van der Waals surface area (Å²) in [6.07, 6.45) is 4.20. The average Bonchev–Trinajstić information content (AvgIpc) is 2.49. The average molecular weight is 264 g/mol. The van der Waals surface area contributed by atoms with Crippen LogP contribution in [-0.4, -0.2) is 5.78 Å². The van der Waals surface area contributed by atoms with Crippen molar-refractivity contribution in [1.29, 1.82) is 0 Å². The van der Waals surface area contributed by atoms with E-state index >= 15 is 0 Å². The van der Waals surface area contributed by atoms with Crippen LogP contribution in [0.5, 0.6) is 0 Å². The van der Waals surface area contributed by atoms with Crippen LogP contribution < -0.4 is 0 Å². The van der Waals surface area contributed by atoms with Crippen molar-refractivity contribution in [3.63, 3.8) is 0 Å². The second kappa shape index (κ2) is 5.62. The number of Topliss-reactive ketones (excluding diaryl/α,β-unsaturated/α-hetero) is 1. The zero-order chi connectivity index (χ0) is 13.9. The van der Waals surface area contributed by atoms with E-state index in [0.717, 1.165) is 36.8 Å². The largest absolute Gasteiger partial charge is 0.293 e. The van der Waals surface area contributed by atoms with E-state index in [9.17, 15) is 4.79 Å². The van der Waals surface area contributed by atoms with Crippen molar-refractivity contribution in [2.45, 2.75) is 38.5 Å². The molecule has 2 aromatic carbocycles. The Morgan fingerprint density at radius 3 is 2.65 bits per heavy atom. The zero-order valence-corrected chi connectivity index (χ0v) is 11.9. The van der Waals surface area contributed by atoms with Crippen LogP contribution in [0.1, 0.15) is 52.7 Å². The molecule has 0 spiro atoms. The summed E-state index contributed by atoms with van der Waals surface area (Å²) in [5.74, 6) is 0.334. The molecule has 1 nitrogen and oxygen atoms in total. The lowest BCUT2D eigenvalue weighted by Gasteiger charge is -2.24. The highest BCUT2D eigenvalue weighted by Crippen LogP contribution is 2.33. The highest BCUT2D eigenvalue weighted by Gasteiger charge is 2.28. The summed E-state index contributed by atoms with van der Waals surface area (Å²) in [6, 6.07) is 16.6. The van der Waals surface area contributed by atoms with E-state index < -0.39 is 0 Å². The molecule has 0 heterocycles. The van der Waals surface area contributed by atoms with Gasteiger partial charge in [0.2, 0.25) is 0 Å². The number of hydrogen-bond acceptors (Lipinski definition) is 1. The maximum atomic E-state index is 12.7. The van der Waals surface area contributed by atoms with Crippen LogP contribution in [0.3, 0.4) is 0 Å². The number of aryl methyl sites for hydroxylation is 2. The van der Waals surface area contributed by atoms with Gasteiger partial charge in [-0.3, -0.25) is 4.79 Å². The zero-order valence-electron chi connectivity index (χ0n) is 11.9. The monoisotopic (exact) mass is 264 g/mol. The lowest BCUT2D eigenvalue weighted by atomic mass is 9.78. The maximum Gasteiger partial charge on any atom is 0.170 e. The van der Waals surface area contributed by atoms with Crippen LogP contribution in [0.25, 0.3) is 0 Å². The number of fused-ring (bicyclic) bond motifs is 1. The molecule has 0 aromatic heterocycles. The number of carbonyl (C=O) groups excluding carboxylic acids is 1. The van der Waals surface area contributed by atoms with Crippen molar-refractivity contribution in [1.82, 2.24) is 0 Å². The minimum atomic E-state index is 0.0423. The summed E-state index contributed by atoms with van der Waals surface area (Å²) in [5.41, 5.74) is 4.69. The lowest BCUT2D eigenvalue weighted by Crippen LogP contribution is -2.21. The first-order chi connectivity index (χ1) is 9.79. The van der Waals surface area contributed by atoms with Crippen molar-refractivity contribution in [2.75, 3.05) is 0 Å². The van der Waals surface area contributed by atoms with Gasteiger partial charge in [0.15, 0.2) is 5.78 Å². The van der Waals surface area contributed by atoms with Crippen molar-refractivity contribution in [3.05, 3.63) is 70.8 Å². The molecule has 0 radical (unpaired) electrons. The fraction of sp³-hybridized carbons (Fsp3) is 0.316. The fourth-order valence-corrected chi connectivity index (χ4v) is 3.16. The third-order valence-electron chi connectivity index (χ3n) is 4.19. The van der Waals surface area contributed by atoms with Crippen LogP contribution in [0.15, 0.2) is 48.5 Å². The Morgan fingerprint density at radius 1 is 1.10 bits per heavy atom. The van der Waals surface area contributed by atoms with Gasteiger partial charge in [0.25, 0.3) is 0 Å². The molecule has 0 saturated carbocycles. The van der Waals surface area contributed by atoms with E-state index in [1.807, 2.05) is 24.3 Å². The number of benzene rings is 2. The number of ketones is 1. The molecule has 0 bridgehead atoms. The molecule has 0 saturated heterocycles. The van der Waals surface area contributed by atoms with Crippen molar-refractivity contribution < 1.29 is 4.79 Å². The van der Waals surface area contributed by atoms with Gasteiger partial charge >= 0.3 is 0 Å². The van der Waals surface area contributed by atoms with Gasteiger partial charge in [0.05, 0.1) is 0 Å². The summed E-state index contributed by atoms with van der Waals surface area (Å²) in [6.45, 7) is 2.19. The molecule has 2 aromatic rings. The molecule has 20 heavy (non-hydrogen) atoms. The van der Waals surface area contributed by atoms with Gasteiger partial charge in [-0.25, -0.2) is 0 Å². The minimum Gasteiger partial charge on any atom is -0.293 e. The third-order valence-corrected chi connectivity index (χ3v) is 4.19. The molecule has 1 heteroatoms. The van der Waals surface area contributed by atoms with E-state index in [2.05, 4.69) is 31.2 Å².